The topological polar surface area (TPSA) is 110 Å². The van der Waals surface area contributed by atoms with Crippen molar-refractivity contribution in [2.75, 3.05) is 0 Å². The van der Waals surface area contributed by atoms with E-state index in [2.05, 4.69) is 5.32 Å². The Balaban J connectivity index is 2.33. The van der Waals surface area contributed by atoms with Crippen LogP contribution in [0.25, 0.3) is 10.1 Å². The Kier molecular flexibility index (Phi) is 4.14. The lowest BCUT2D eigenvalue weighted by Gasteiger charge is -2.24. The highest BCUT2D eigenvalue weighted by Gasteiger charge is 2.33. The van der Waals surface area contributed by atoms with Crippen molar-refractivity contribution in [2.45, 2.75) is 25.8 Å². The second-order valence-corrected chi connectivity index (χ2v) is 6.12. The third-order valence-corrected chi connectivity index (χ3v) is 4.62. The number of nitrogens with zero attached hydrogens (tertiary/aromatic N) is 1. The van der Waals surface area contributed by atoms with Gasteiger partial charge in [0.15, 0.2) is 0 Å². The van der Waals surface area contributed by atoms with Crippen molar-refractivity contribution in [3.8, 4) is 0 Å². The van der Waals surface area contributed by atoms with Crippen molar-refractivity contribution in [3.05, 3.63) is 39.3 Å². The van der Waals surface area contributed by atoms with E-state index in [1.54, 1.807) is 13.0 Å². The zero-order valence-corrected chi connectivity index (χ0v) is 12.8. The molecule has 0 aliphatic rings. The third kappa shape index (κ3) is 2.91. The van der Waals surface area contributed by atoms with Crippen LogP contribution in [0.1, 0.15) is 29.9 Å². The highest BCUT2D eigenvalue weighted by Crippen LogP contribution is 2.29. The molecular formula is C14H14N2O5S. The highest BCUT2D eigenvalue weighted by atomic mass is 32.1. The van der Waals surface area contributed by atoms with Gasteiger partial charge in [-0.25, -0.2) is 4.79 Å². The van der Waals surface area contributed by atoms with Gasteiger partial charge in [0, 0.05) is 22.2 Å². The van der Waals surface area contributed by atoms with E-state index in [1.165, 1.54) is 25.1 Å². The zero-order valence-electron chi connectivity index (χ0n) is 12.0. The van der Waals surface area contributed by atoms with E-state index in [4.69, 9.17) is 0 Å². The molecule has 116 valence electrons. The predicted octanol–water partition coefficient (Wildman–Crippen LogP) is 2.79. The van der Waals surface area contributed by atoms with Crippen LogP contribution in [0.5, 0.6) is 0 Å². The molecule has 8 heteroatoms. The fourth-order valence-electron chi connectivity index (χ4n) is 1.86. The number of thiophene rings is 1. The summed E-state index contributed by atoms with van der Waals surface area (Å²) in [7, 11) is 0. The van der Waals surface area contributed by atoms with Crippen molar-refractivity contribution in [2.24, 2.45) is 0 Å². The molecule has 2 N–H and O–H groups in total. The van der Waals surface area contributed by atoms with Gasteiger partial charge in [-0.1, -0.05) is 6.92 Å². The summed E-state index contributed by atoms with van der Waals surface area (Å²) < 4.78 is 0.726. The number of hydrogen-bond acceptors (Lipinski definition) is 5. The van der Waals surface area contributed by atoms with Crippen LogP contribution in [0.3, 0.4) is 0 Å². The maximum atomic E-state index is 12.2. The molecular weight excluding hydrogens is 308 g/mol. The average molecular weight is 322 g/mol. The summed E-state index contributed by atoms with van der Waals surface area (Å²) in [6.07, 6.45) is 0.241. The monoisotopic (exact) mass is 322 g/mol. The van der Waals surface area contributed by atoms with E-state index in [0.29, 0.717) is 10.3 Å². The third-order valence-electron chi connectivity index (χ3n) is 3.50. The van der Waals surface area contributed by atoms with Crippen molar-refractivity contribution >= 4 is 39.0 Å². The molecule has 1 aromatic carbocycles. The number of rotatable bonds is 5. The van der Waals surface area contributed by atoms with Gasteiger partial charge in [-0.3, -0.25) is 14.9 Å². The number of hydrogen-bond donors (Lipinski definition) is 2. The van der Waals surface area contributed by atoms with Gasteiger partial charge in [0.1, 0.15) is 5.54 Å². The van der Waals surface area contributed by atoms with Crippen LogP contribution >= 0.6 is 11.3 Å². The van der Waals surface area contributed by atoms with Gasteiger partial charge >= 0.3 is 5.97 Å². The molecule has 22 heavy (non-hydrogen) atoms. The van der Waals surface area contributed by atoms with Crippen LogP contribution in [0, 0.1) is 10.1 Å². The standard InChI is InChI=1S/C14H14N2O5S/c1-3-14(2,13(18)19)15-12(17)11-7-8-6-9(16(20)21)4-5-10(8)22-11/h4-7H,3H2,1-2H3,(H,15,17)(H,18,19). The first-order chi connectivity index (χ1) is 10.3. The Bertz CT molecular complexity index is 770. The Labute approximate surface area is 129 Å². The fourth-order valence-corrected chi connectivity index (χ4v) is 2.80. The lowest BCUT2D eigenvalue weighted by atomic mass is 9.99. The molecule has 1 amide bonds. The van der Waals surface area contributed by atoms with Gasteiger partial charge in [0.05, 0.1) is 9.80 Å². The van der Waals surface area contributed by atoms with E-state index >= 15 is 0 Å². The van der Waals surface area contributed by atoms with Crippen LogP contribution in [0.4, 0.5) is 5.69 Å². The first-order valence-electron chi connectivity index (χ1n) is 6.50. The maximum absolute atomic E-state index is 12.2. The Hall–Kier alpha value is -2.48. The second kappa shape index (κ2) is 5.72. The van der Waals surface area contributed by atoms with Gasteiger partial charge in [-0.15, -0.1) is 11.3 Å². The van der Waals surface area contributed by atoms with Crippen LogP contribution in [-0.4, -0.2) is 27.4 Å². The van der Waals surface area contributed by atoms with E-state index in [9.17, 15) is 24.8 Å². The molecule has 0 radical (unpaired) electrons. The summed E-state index contributed by atoms with van der Waals surface area (Å²) in [6.45, 7) is 3.11. The van der Waals surface area contributed by atoms with E-state index in [0.717, 1.165) is 16.0 Å². The molecule has 0 spiro atoms. The average Bonchev–Trinajstić information content (AvgIpc) is 2.89. The van der Waals surface area contributed by atoms with Crippen LogP contribution < -0.4 is 5.32 Å². The first-order valence-corrected chi connectivity index (χ1v) is 7.32. The lowest BCUT2D eigenvalue weighted by molar-refractivity contribution is -0.384. The molecule has 2 aromatic rings. The number of carbonyl (C=O) groups is 2. The molecule has 7 nitrogen and oxygen atoms in total. The normalized spacial score (nSPS) is 13.5. The van der Waals surface area contributed by atoms with E-state index < -0.39 is 22.3 Å². The van der Waals surface area contributed by atoms with E-state index in [1.807, 2.05) is 0 Å². The predicted molar refractivity (Wildman–Crippen MR) is 82.3 cm³/mol. The molecule has 1 aromatic heterocycles. The molecule has 0 fully saturated rings. The SMILES string of the molecule is CCC(C)(NC(=O)c1cc2cc([N+](=O)[O-])ccc2s1)C(=O)O. The molecule has 0 bridgehead atoms. The summed E-state index contributed by atoms with van der Waals surface area (Å²) in [5.41, 5.74) is -1.40. The summed E-state index contributed by atoms with van der Waals surface area (Å²) >= 11 is 1.16. The maximum Gasteiger partial charge on any atom is 0.329 e. The van der Waals surface area contributed by atoms with Gasteiger partial charge in [-0.05, 0) is 25.5 Å². The minimum absolute atomic E-state index is 0.0545. The summed E-state index contributed by atoms with van der Waals surface area (Å²) in [6, 6.07) is 5.86. The van der Waals surface area contributed by atoms with Crippen molar-refractivity contribution < 1.29 is 19.6 Å². The quantitative estimate of drug-likeness (QED) is 0.649. The van der Waals surface area contributed by atoms with Crippen LogP contribution in [-0.2, 0) is 4.79 Å². The largest absolute Gasteiger partial charge is 0.480 e. The molecule has 2 rings (SSSR count). The van der Waals surface area contributed by atoms with Crippen molar-refractivity contribution in [1.82, 2.24) is 5.32 Å². The smallest absolute Gasteiger partial charge is 0.329 e. The number of carboxylic acids is 1. The molecule has 0 saturated heterocycles. The Morgan fingerprint density at radius 1 is 1.41 bits per heavy atom. The number of amides is 1. The highest BCUT2D eigenvalue weighted by molar-refractivity contribution is 7.20. The van der Waals surface area contributed by atoms with E-state index in [-0.39, 0.29) is 12.1 Å². The number of benzene rings is 1. The molecule has 1 heterocycles. The van der Waals surface area contributed by atoms with Gasteiger partial charge in [0.2, 0.25) is 0 Å². The molecule has 0 aliphatic heterocycles. The number of aliphatic carboxylic acids is 1. The van der Waals surface area contributed by atoms with Gasteiger partial charge in [-0.2, -0.15) is 0 Å². The molecule has 0 aliphatic carbocycles. The second-order valence-electron chi connectivity index (χ2n) is 5.03. The number of non-ortho nitro benzene ring substituents is 1. The zero-order chi connectivity index (χ0) is 16.5. The van der Waals surface area contributed by atoms with Gasteiger partial charge < -0.3 is 10.4 Å². The van der Waals surface area contributed by atoms with Crippen molar-refractivity contribution in [3.63, 3.8) is 0 Å². The number of nitro benzene ring substituents is 1. The fraction of sp³-hybridized carbons (Fsp3) is 0.286. The van der Waals surface area contributed by atoms with Gasteiger partial charge in [0.25, 0.3) is 11.6 Å². The Morgan fingerprint density at radius 3 is 2.64 bits per heavy atom. The Morgan fingerprint density at radius 2 is 2.09 bits per heavy atom. The van der Waals surface area contributed by atoms with Crippen molar-refractivity contribution in [1.29, 1.82) is 0 Å². The summed E-state index contributed by atoms with van der Waals surface area (Å²) in [5.74, 6) is -1.62. The summed E-state index contributed by atoms with van der Waals surface area (Å²) in [4.78, 5) is 34.0. The molecule has 1 unspecified atom stereocenters. The number of nitrogens with one attached hydrogen (secondary N) is 1. The first kappa shape index (κ1) is 15.9. The number of nitro groups is 1. The van der Waals surface area contributed by atoms with Crippen LogP contribution in [0.2, 0.25) is 0 Å². The number of carbonyl (C=O) groups excluding carboxylic acids is 1. The summed E-state index contributed by atoms with van der Waals surface area (Å²) in [5, 5.41) is 23.0. The lowest BCUT2D eigenvalue weighted by Crippen LogP contribution is -2.51. The minimum Gasteiger partial charge on any atom is -0.480 e. The number of carboxylic acid groups (broad SMARTS) is 1. The number of fused-ring (bicyclic) bond motifs is 1. The van der Waals surface area contributed by atoms with Crippen LogP contribution in [0.15, 0.2) is 24.3 Å². The minimum atomic E-state index is -1.35. The molecule has 1 atom stereocenters. The molecule has 0 saturated carbocycles.